The molecule has 2 aromatic heterocycles. The van der Waals surface area contributed by atoms with Crippen LogP contribution in [0.2, 0.25) is 0 Å². The summed E-state index contributed by atoms with van der Waals surface area (Å²) >= 11 is 0. The largest absolute Gasteiger partial charge is 0.368 e. The summed E-state index contributed by atoms with van der Waals surface area (Å²) in [5, 5.41) is 15.0. The van der Waals surface area contributed by atoms with Gasteiger partial charge in [0.25, 0.3) is 0 Å². The van der Waals surface area contributed by atoms with Crippen LogP contribution in [0.5, 0.6) is 0 Å². The van der Waals surface area contributed by atoms with Gasteiger partial charge in [-0.2, -0.15) is 4.52 Å². The van der Waals surface area contributed by atoms with Gasteiger partial charge in [-0.05, 0) is 47.4 Å². The Morgan fingerprint density at radius 3 is 3.11 bits per heavy atom. The van der Waals surface area contributed by atoms with Crippen molar-refractivity contribution in [2.75, 3.05) is 11.9 Å². The Kier molecular flexibility index (Phi) is 2.21. The zero-order chi connectivity index (χ0) is 11.9. The molecule has 0 amide bonds. The topological polar surface area (TPSA) is 68.0 Å². The van der Waals surface area contributed by atoms with E-state index in [2.05, 4.69) is 25.8 Å². The smallest absolute Gasteiger partial charge is 0.199 e. The molecule has 94 valence electrons. The van der Waals surface area contributed by atoms with Crippen LogP contribution in [0.25, 0.3) is 5.65 Å². The molecule has 6 heteroatoms. The molecule has 1 N–H and O–H groups in total. The molecule has 2 aromatic rings. The van der Waals surface area contributed by atoms with Gasteiger partial charge in [0.05, 0.1) is 12.4 Å². The number of tetrazole rings is 1. The highest BCUT2D eigenvalue weighted by atomic mass is 15.5. The fourth-order valence-electron chi connectivity index (χ4n) is 3.66. The molecule has 3 atom stereocenters. The second kappa shape index (κ2) is 3.90. The van der Waals surface area contributed by atoms with Crippen molar-refractivity contribution in [3.8, 4) is 0 Å². The lowest BCUT2D eigenvalue weighted by Gasteiger charge is -2.22. The number of rotatable bonds is 3. The summed E-state index contributed by atoms with van der Waals surface area (Å²) in [5.74, 6) is 3.63. The highest BCUT2D eigenvalue weighted by Crippen LogP contribution is 2.48. The van der Waals surface area contributed by atoms with E-state index in [0.29, 0.717) is 5.65 Å². The molecule has 18 heavy (non-hydrogen) atoms. The molecule has 0 spiro atoms. The first kappa shape index (κ1) is 10.2. The van der Waals surface area contributed by atoms with Crippen LogP contribution in [-0.2, 0) is 0 Å². The molecule has 0 saturated heterocycles. The summed E-state index contributed by atoms with van der Waals surface area (Å²) in [6, 6.07) is 0. The Morgan fingerprint density at radius 1 is 1.28 bits per heavy atom. The molecule has 2 aliphatic rings. The van der Waals surface area contributed by atoms with Crippen molar-refractivity contribution in [2.45, 2.75) is 25.7 Å². The van der Waals surface area contributed by atoms with Crippen LogP contribution in [-0.4, -0.2) is 31.6 Å². The van der Waals surface area contributed by atoms with Crippen LogP contribution in [0, 0.1) is 17.8 Å². The van der Waals surface area contributed by atoms with Gasteiger partial charge in [0.15, 0.2) is 5.65 Å². The van der Waals surface area contributed by atoms with Gasteiger partial charge in [0, 0.05) is 6.54 Å². The molecular weight excluding hydrogens is 228 g/mol. The van der Waals surface area contributed by atoms with Gasteiger partial charge < -0.3 is 5.32 Å². The average Bonchev–Trinajstić information content (AvgIpc) is 3.11. The minimum Gasteiger partial charge on any atom is -0.368 e. The predicted molar refractivity (Wildman–Crippen MR) is 66.0 cm³/mol. The lowest BCUT2D eigenvalue weighted by molar-refractivity contribution is 0.348. The Morgan fingerprint density at radius 2 is 2.28 bits per heavy atom. The number of nitrogens with one attached hydrogen (secondary N) is 1. The van der Waals surface area contributed by atoms with Crippen molar-refractivity contribution < 1.29 is 0 Å². The normalized spacial score (nSPS) is 30.1. The number of anilines is 1. The van der Waals surface area contributed by atoms with E-state index in [9.17, 15) is 0 Å². The Bertz CT molecular complexity index is 564. The minimum atomic E-state index is 0.688. The van der Waals surface area contributed by atoms with E-state index in [1.807, 2.05) is 0 Å². The van der Waals surface area contributed by atoms with Crippen molar-refractivity contribution in [1.82, 2.24) is 25.0 Å². The predicted octanol–water partition coefficient (Wildman–Crippen LogP) is 1.37. The number of hydrogen-bond donors (Lipinski definition) is 1. The van der Waals surface area contributed by atoms with Crippen molar-refractivity contribution in [3.05, 3.63) is 12.4 Å². The first-order chi connectivity index (χ1) is 8.90. The van der Waals surface area contributed by atoms with Gasteiger partial charge in [0.2, 0.25) is 0 Å². The highest BCUT2D eigenvalue weighted by Gasteiger charge is 2.39. The molecular formula is C12H16N6. The van der Waals surface area contributed by atoms with E-state index in [1.165, 1.54) is 25.7 Å². The van der Waals surface area contributed by atoms with Crippen LogP contribution < -0.4 is 5.32 Å². The first-order valence-electron chi connectivity index (χ1n) is 6.66. The van der Waals surface area contributed by atoms with E-state index in [1.54, 1.807) is 16.9 Å². The number of fused-ring (bicyclic) bond motifs is 3. The summed E-state index contributed by atoms with van der Waals surface area (Å²) in [6.45, 7) is 1.02. The lowest BCUT2D eigenvalue weighted by atomic mass is 9.89. The second-order valence-corrected chi connectivity index (χ2v) is 5.56. The molecule has 2 bridgehead atoms. The van der Waals surface area contributed by atoms with E-state index in [4.69, 9.17) is 0 Å². The molecule has 6 nitrogen and oxygen atoms in total. The quantitative estimate of drug-likeness (QED) is 0.883. The molecule has 0 radical (unpaired) electrons. The number of aromatic nitrogens is 5. The van der Waals surface area contributed by atoms with Crippen molar-refractivity contribution >= 4 is 11.5 Å². The van der Waals surface area contributed by atoms with Gasteiger partial charge in [0.1, 0.15) is 5.82 Å². The molecule has 0 aliphatic heterocycles. The van der Waals surface area contributed by atoms with Crippen molar-refractivity contribution in [3.63, 3.8) is 0 Å². The lowest BCUT2D eigenvalue weighted by Crippen LogP contribution is -2.21. The third-order valence-corrected chi connectivity index (χ3v) is 4.54. The summed E-state index contributed by atoms with van der Waals surface area (Å²) in [6.07, 6.45) is 9.16. The Labute approximate surface area is 105 Å². The molecule has 2 heterocycles. The van der Waals surface area contributed by atoms with Crippen molar-refractivity contribution in [2.24, 2.45) is 17.8 Å². The molecule has 2 aliphatic carbocycles. The molecule has 3 unspecified atom stereocenters. The van der Waals surface area contributed by atoms with Gasteiger partial charge >= 0.3 is 0 Å². The molecule has 0 aromatic carbocycles. The summed E-state index contributed by atoms with van der Waals surface area (Å²) in [4.78, 5) is 4.15. The third kappa shape index (κ3) is 1.55. The summed E-state index contributed by atoms with van der Waals surface area (Å²) < 4.78 is 1.71. The molecule has 2 fully saturated rings. The Hall–Kier alpha value is -1.72. The maximum Gasteiger partial charge on any atom is 0.199 e. The monoisotopic (exact) mass is 244 g/mol. The van der Waals surface area contributed by atoms with Crippen LogP contribution >= 0.6 is 0 Å². The maximum atomic E-state index is 4.15. The third-order valence-electron chi connectivity index (χ3n) is 4.54. The summed E-state index contributed by atoms with van der Waals surface area (Å²) in [5.41, 5.74) is 0.688. The number of hydrogen-bond acceptors (Lipinski definition) is 5. The summed E-state index contributed by atoms with van der Waals surface area (Å²) in [7, 11) is 0. The minimum absolute atomic E-state index is 0.688. The average molecular weight is 244 g/mol. The zero-order valence-electron chi connectivity index (χ0n) is 10.2. The zero-order valence-corrected chi connectivity index (χ0v) is 10.2. The highest BCUT2D eigenvalue weighted by molar-refractivity contribution is 5.43. The first-order valence-corrected chi connectivity index (χ1v) is 6.66. The number of nitrogens with zero attached hydrogens (tertiary/aromatic N) is 5. The Balaban J connectivity index is 1.50. The van der Waals surface area contributed by atoms with E-state index in [0.717, 1.165) is 30.1 Å². The molecule has 4 rings (SSSR count). The standard InChI is InChI=1S/C12H16N6/c1-2-9-3-8(1)4-10(9)5-14-11-6-13-7-12-15-16-17-18(11)12/h6-10,14H,1-5H2. The van der Waals surface area contributed by atoms with Crippen LogP contribution in [0.1, 0.15) is 25.7 Å². The molecule has 2 saturated carbocycles. The van der Waals surface area contributed by atoms with Gasteiger partial charge in [-0.1, -0.05) is 6.42 Å². The van der Waals surface area contributed by atoms with Crippen LogP contribution in [0.15, 0.2) is 12.4 Å². The van der Waals surface area contributed by atoms with Crippen LogP contribution in [0.3, 0.4) is 0 Å². The van der Waals surface area contributed by atoms with Crippen LogP contribution in [0.4, 0.5) is 5.82 Å². The van der Waals surface area contributed by atoms with E-state index < -0.39 is 0 Å². The van der Waals surface area contributed by atoms with Crippen molar-refractivity contribution in [1.29, 1.82) is 0 Å². The van der Waals surface area contributed by atoms with E-state index in [-0.39, 0.29) is 0 Å². The SMILES string of the molecule is c1ncc2nnnn2c1NCC1CC2CCC1C2. The van der Waals surface area contributed by atoms with Gasteiger partial charge in [-0.25, -0.2) is 0 Å². The second-order valence-electron chi connectivity index (χ2n) is 5.56. The van der Waals surface area contributed by atoms with Gasteiger partial charge in [-0.15, -0.1) is 5.10 Å². The fraction of sp³-hybridized carbons (Fsp3) is 0.667. The maximum absolute atomic E-state index is 4.15. The van der Waals surface area contributed by atoms with Gasteiger partial charge in [-0.3, -0.25) is 4.98 Å². The fourth-order valence-corrected chi connectivity index (χ4v) is 3.66. The van der Waals surface area contributed by atoms with E-state index >= 15 is 0 Å².